The molecule has 0 radical (unpaired) electrons. The Kier molecular flexibility index (Phi) is 4.98. The van der Waals surface area contributed by atoms with Crippen LogP contribution in [0.4, 0.5) is 5.69 Å². The first kappa shape index (κ1) is 16.9. The van der Waals surface area contributed by atoms with Gasteiger partial charge in [0.2, 0.25) is 5.91 Å². The Morgan fingerprint density at radius 3 is 2.56 bits per heavy atom. The average Bonchev–Trinajstić information content (AvgIpc) is 2.94. The first-order valence-electron chi connectivity index (χ1n) is 10.0. The van der Waals surface area contributed by atoms with E-state index >= 15 is 0 Å². The first-order valence-corrected chi connectivity index (χ1v) is 10.0. The maximum atomic E-state index is 12.7. The number of rotatable bonds is 4. The number of nitrogens with zero attached hydrogens (tertiary/aromatic N) is 1. The van der Waals surface area contributed by atoms with Crippen molar-refractivity contribution in [3.05, 3.63) is 29.8 Å². The summed E-state index contributed by atoms with van der Waals surface area (Å²) in [4.78, 5) is 14.8. The van der Waals surface area contributed by atoms with E-state index in [0.717, 1.165) is 32.4 Å². The topological polar surface area (TPSA) is 44.4 Å². The van der Waals surface area contributed by atoms with Crippen LogP contribution in [0.3, 0.4) is 0 Å². The summed E-state index contributed by atoms with van der Waals surface area (Å²) >= 11 is 0. The van der Waals surface area contributed by atoms with Gasteiger partial charge in [-0.25, -0.2) is 0 Å². The molecule has 3 aliphatic rings. The van der Waals surface area contributed by atoms with E-state index in [2.05, 4.69) is 46.7 Å². The second-order valence-corrected chi connectivity index (χ2v) is 8.35. The predicted molar refractivity (Wildman–Crippen MR) is 102 cm³/mol. The highest BCUT2D eigenvalue weighted by Crippen LogP contribution is 2.33. The monoisotopic (exact) mass is 341 g/mol. The average molecular weight is 341 g/mol. The van der Waals surface area contributed by atoms with Gasteiger partial charge >= 0.3 is 0 Å². The van der Waals surface area contributed by atoms with Crippen LogP contribution in [0.1, 0.15) is 50.5 Å². The minimum atomic E-state index is 0.389. The van der Waals surface area contributed by atoms with Gasteiger partial charge in [-0.1, -0.05) is 12.1 Å². The Morgan fingerprint density at radius 1 is 1.16 bits per heavy atom. The van der Waals surface area contributed by atoms with E-state index in [1.165, 1.54) is 36.9 Å². The van der Waals surface area contributed by atoms with Gasteiger partial charge in [0.15, 0.2) is 0 Å². The molecule has 1 aromatic carbocycles. The molecule has 2 unspecified atom stereocenters. The number of nitrogens with one attached hydrogen (secondary N) is 2. The summed E-state index contributed by atoms with van der Waals surface area (Å²) < 4.78 is 0. The fourth-order valence-electron chi connectivity index (χ4n) is 4.96. The molecular weight excluding hydrogens is 310 g/mol. The molecule has 2 bridgehead atoms. The van der Waals surface area contributed by atoms with E-state index in [-0.39, 0.29) is 0 Å². The molecule has 2 N–H and O–H groups in total. The van der Waals surface area contributed by atoms with Gasteiger partial charge in [-0.3, -0.25) is 4.79 Å². The second-order valence-electron chi connectivity index (χ2n) is 8.35. The minimum absolute atomic E-state index is 0.389. The van der Waals surface area contributed by atoms with Crippen LogP contribution in [-0.4, -0.2) is 42.0 Å². The molecule has 3 saturated heterocycles. The fraction of sp³-hybridized carbons (Fsp3) is 0.667. The summed E-state index contributed by atoms with van der Waals surface area (Å²) in [5.41, 5.74) is 2.49. The van der Waals surface area contributed by atoms with Crippen molar-refractivity contribution in [2.75, 3.05) is 18.4 Å². The Balaban J connectivity index is 1.23. The first-order chi connectivity index (χ1) is 12.2. The Labute approximate surface area is 151 Å². The molecule has 136 valence electrons. The second kappa shape index (κ2) is 7.36. The van der Waals surface area contributed by atoms with Crippen molar-refractivity contribution in [1.82, 2.24) is 10.2 Å². The Bertz CT molecular complexity index is 597. The Hall–Kier alpha value is -1.55. The molecule has 0 saturated carbocycles. The van der Waals surface area contributed by atoms with Crippen molar-refractivity contribution in [2.45, 2.75) is 70.0 Å². The molecule has 4 heteroatoms. The number of amides is 1. The summed E-state index contributed by atoms with van der Waals surface area (Å²) in [6.45, 7) is 3.93. The lowest BCUT2D eigenvalue weighted by molar-refractivity contribution is -0.133. The van der Waals surface area contributed by atoms with Crippen molar-refractivity contribution < 1.29 is 4.79 Å². The number of piperidine rings is 2. The summed E-state index contributed by atoms with van der Waals surface area (Å²) in [5.74, 6) is 0.995. The number of carbonyl (C=O) groups is 1. The number of fused-ring (bicyclic) bond motifs is 2. The van der Waals surface area contributed by atoms with Gasteiger partial charge < -0.3 is 15.5 Å². The largest absolute Gasteiger partial charge is 0.382 e. The summed E-state index contributed by atoms with van der Waals surface area (Å²) in [6, 6.07) is 10.4. The normalized spacial score (nSPS) is 29.6. The third-order valence-corrected chi connectivity index (χ3v) is 6.27. The lowest BCUT2D eigenvalue weighted by atomic mass is 9.89. The molecular formula is C21H31N3O. The molecule has 1 amide bonds. The van der Waals surface area contributed by atoms with Gasteiger partial charge in [0, 0.05) is 43.3 Å². The van der Waals surface area contributed by atoms with Crippen LogP contribution in [0.25, 0.3) is 0 Å². The number of hydrogen-bond acceptors (Lipinski definition) is 3. The summed E-state index contributed by atoms with van der Waals surface area (Å²) in [5, 5.41) is 7.31. The highest BCUT2D eigenvalue weighted by atomic mass is 16.2. The van der Waals surface area contributed by atoms with E-state index in [1.54, 1.807) is 0 Å². The van der Waals surface area contributed by atoms with Gasteiger partial charge in [0.1, 0.15) is 0 Å². The smallest absolute Gasteiger partial charge is 0.222 e. The van der Waals surface area contributed by atoms with Crippen LogP contribution in [0.15, 0.2) is 24.3 Å². The lowest BCUT2D eigenvalue weighted by Crippen LogP contribution is -2.44. The zero-order valence-electron chi connectivity index (χ0n) is 15.3. The molecule has 0 aliphatic carbocycles. The van der Waals surface area contributed by atoms with Crippen LogP contribution < -0.4 is 10.6 Å². The molecule has 0 aromatic heterocycles. The molecule has 0 spiro atoms. The fourth-order valence-corrected chi connectivity index (χ4v) is 4.96. The molecule has 25 heavy (non-hydrogen) atoms. The van der Waals surface area contributed by atoms with Gasteiger partial charge in [-0.2, -0.15) is 0 Å². The molecule has 1 aromatic rings. The van der Waals surface area contributed by atoms with Crippen molar-refractivity contribution in [3.63, 3.8) is 0 Å². The number of anilines is 1. The lowest BCUT2D eigenvalue weighted by Gasteiger charge is -2.35. The van der Waals surface area contributed by atoms with Crippen molar-refractivity contribution >= 4 is 11.6 Å². The highest BCUT2D eigenvalue weighted by molar-refractivity contribution is 5.76. The van der Waals surface area contributed by atoms with E-state index < -0.39 is 0 Å². The van der Waals surface area contributed by atoms with E-state index in [9.17, 15) is 4.79 Å². The highest BCUT2D eigenvalue weighted by Gasteiger charge is 2.35. The zero-order chi connectivity index (χ0) is 17.2. The predicted octanol–water partition coefficient (Wildman–Crippen LogP) is 3.32. The molecule has 3 fully saturated rings. The van der Waals surface area contributed by atoms with Gasteiger partial charge in [0.05, 0.1) is 0 Å². The maximum absolute atomic E-state index is 12.7. The zero-order valence-corrected chi connectivity index (χ0v) is 15.3. The molecule has 2 atom stereocenters. The van der Waals surface area contributed by atoms with Crippen molar-refractivity contribution in [1.29, 1.82) is 0 Å². The van der Waals surface area contributed by atoms with E-state index in [1.807, 2.05) is 0 Å². The maximum Gasteiger partial charge on any atom is 0.222 e. The summed E-state index contributed by atoms with van der Waals surface area (Å²) in [6.07, 6.45) is 7.90. The van der Waals surface area contributed by atoms with Crippen LogP contribution in [0.2, 0.25) is 0 Å². The molecule has 3 aliphatic heterocycles. The third kappa shape index (κ3) is 4.17. The van der Waals surface area contributed by atoms with E-state index in [0.29, 0.717) is 30.0 Å². The SMILES string of the molecule is Cc1cccc(NC2CCN(C(=O)CC3CC4CCC(C3)N4)CC2)c1. The number of aryl methyl sites for hydroxylation is 1. The number of hydrogen-bond donors (Lipinski definition) is 2. The van der Waals surface area contributed by atoms with Crippen LogP contribution in [-0.2, 0) is 4.79 Å². The van der Waals surface area contributed by atoms with E-state index in [4.69, 9.17) is 0 Å². The Morgan fingerprint density at radius 2 is 1.88 bits per heavy atom. The molecule has 3 heterocycles. The quantitative estimate of drug-likeness (QED) is 0.883. The summed E-state index contributed by atoms with van der Waals surface area (Å²) in [7, 11) is 0. The number of carbonyl (C=O) groups excluding carboxylic acids is 1. The van der Waals surface area contributed by atoms with Gasteiger partial charge in [-0.15, -0.1) is 0 Å². The van der Waals surface area contributed by atoms with Crippen LogP contribution in [0.5, 0.6) is 0 Å². The van der Waals surface area contributed by atoms with Crippen molar-refractivity contribution in [3.8, 4) is 0 Å². The minimum Gasteiger partial charge on any atom is -0.382 e. The van der Waals surface area contributed by atoms with Gasteiger partial charge in [0.25, 0.3) is 0 Å². The van der Waals surface area contributed by atoms with Gasteiger partial charge in [-0.05, 0) is 69.1 Å². The molecule has 4 nitrogen and oxygen atoms in total. The van der Waals surface area contributed by atoms with Crippen LogP contribution in [0, 0.1) is 12.8 Å². The number of likely N-dealkylation sites (tertiary alicyclic amines) is 1. The van der Waals surface area contributed by atoms with Crippen molar-refractivity contribution in [2.24, 2.45) is 5.92 Å². The standard InChI is InChI=1S/C21H31N3O/c1-15-3-2-4-18(11-15)22-17-7-9-24(10-8-17)21(25)14-16-12-19-5-6-20(13-16)23-19/h2-4,11,16-17,19-20,22-23H,5-10,12-14H2,1H3. The number of benzene rings is 1. The third-order valence-electron chi connectivity index (χ3n) is 6.27. The molecule has 4 rings (SSSR count). The van der Waals surface area contributed by atoms with Crippen LogP contribution >= 0.6 is 0 Å².